The van der Waals surface area contributed by atoms with Crippen molar-refractivity contribution >= 4 is 35.0 Å². The molecule has 1 fully saturated rings. The highest BCUT2D eigenvalue weighted by Crippen LogP contribution is 2.38. The van der Waals surface area contributed by atoms with E-state index in [1.165, 1.54) is 12.8 Å². The topological polar surface area (TPSA) is 43.6 Å². The van der Waals surface area contributed by atoms with E-state index in [1.807, 2.05) is 16.8 Å². The lowest BCUT2D eigenvalue weighted by Crippen LogP contribution is -2.03. The van der Waals surface area contributed by atoms with E-state index in [-0.39, 0.29) is 5.25 Å². The number of halogens is 2. The second-order valence-electron chi connectivity index (χ2n) is 4.89. The van der Waals surface area contributed by atoms with E-state index < -0.39 is 0 Å². The summed E-state index contributed by atoms with van der Waals surface area (Å²) in [5, 5.41) is 13.6. The molecule has 0 bridgehead atoms. The molecule has 1 heterocycles. The van der Waals surface area contributed by atoms with Crippen molar-refractivity contribution < 1.29 is 0 Å². The monoisotopic (exact) mass is 328 g/mol. The number of thioether (sulfide) groups is 1. The van der Waals surface area contributed by atoms with Crippen LogP contribution in [0.15, 0.2) is 18.2 Å². The Bertz CT molecular complexity index is 612. The van der Waals surface area contributed by atoms with E-state index in [2.05, 4.69) is 22.4 Å². The molecule has 20 heavy (non-hydrogen) atoms. The predicted octanol–water partition coefficient (Wildman–Crippen LogP) is 4.31. The maximum Gasteiger partial charge on any atom is 0.161 e. The first-order chi connectivity index (χ1) is 9.65. The molecule has 1 aliphatic rings. The van der Waals surface area contributed by atoms with Crippen LogP contribution in [0.3, 0.4) is 0 Å². The summed E-state index contributed by atoms with van der Waals surface area (Å²) in [7, 11) is 0. The van der Waals surface area contributed by atoms with Crippen LogP contribution in [-0.4, -0.2) is 20.2 Å². The molecule has 1 aliphatic carbocycles. The Hall–Kier alpha value is -0.780. The number of rotatable bonds is 5. The summed E-state index contributed by atoms with van der Waals surface area (Å²) in [5.41, 5.74) is 1.09. The highest BCUT2D eigenvalue weighted by molar-refractivity contribution is 7.98. The molecular weight excluding hydrogens is 315 g/mol. The van der Waals surface area contributed by atoms with Crippen LogP contribution in [0.25, 0.3) is 0 Å². The summed E-state index contributed by atoms with van der Waals surface area (Å²) >= 11 is 13.9. The summed E-state index contributed by atoms with van der Waals surface area (Å²) in [6.45, 7) is 2.13. The molecule has 106 valence electrons. The first kappa shape index (κ1) is 14.2. The SMILES string of the molecule is CC(SCc1nnnn1C1CC1)c1ccc(Cl)cc1Cl. The maximum absolute atomic E-state index is 6.23. The summed E-state index contributed by atoms with van der Waals surface area (Å²) in [4.78, 5) is 0. The third-order valence-corrected chi connectivity index (χ3v) is 5.06. The Labute approximate surface area is 131 Å². The number of hydrogen-bond donors (Lipinski definition) is 0. The fourth-order valence-corrected chi connectivity index (χ4v) is 3.64. The van der Waals surface area contributed by atoms with Crippen molar-refractivity contribution in [2.24, 2.45) is 0 Å². The third-order valence-electron chi connectivity index (χ3n) is 3.32. The third kappa shape index (κ3) is 3.10. The molecular formula is C13H14Cl2N4S. The van der Waals surface area contributed by atoms with Gasteiger partial charge in [-0.3, -0.25) is 0 Å². The van der Waals surface area contributed by atoms with Gasteiger partial charge in [-0.1, -0.05) is 29.3 Å². The zero-order chi connectivity index (χ0) is 14.1. The summed E-state index contributed by atoms with van der Waals surface area (Å²) in [6, 6.07) is 6.14. The smallest absolute Gasteiger partial charge is 0.161 e. The molecule has 3 rings (SSSR count). The van der Waals surface area contributed by atoms with Gasteiger partial charge in [0.05, 0.1) is 11.8 Å². The van der Waals surface area contributed by atoms with E-state index in [9.17, 15) is 0 Å². The first-order valence-corrected chi connectivity index (χ1v) is 8.29. The molecule has 7 heteroatoms. The number of hydrogen-bond acceptors (Lipinski definition) is 4. The molecule has 0 aliphatic heterocycles. The molecule has 1 atom stereocenters. The van der Waals surface area contributed by atoms with Crippen LogP contribution in [0.2, 0.25) is 10.0 Å². The van der Waals surface area contributed by atoms with E-state index in [0.29, 0.717) is 16.1 Å². The van der Waals surface area contributed by atoms with Crippen molar-refractivity contribution in [2.45, 2.75) is 36.8 Å². The van der Waals surface area contributed by atoms with Gasteiger partial charge in [0, 0.05) is 15.3 Å². The minimum atomic E-state index is 0.268. The fourth-order valence-electron chi connectivity index (χ4n) is 2.03. The largest absolute Gasteiger partial charge is 0.226 e. The maximum atomic E-state index is 6.23. The van der Waals surface area contributed by atoms with E-state index >= 15 is 0 Å². The summed E-state index contributed by atoms with van der Waals surface area (Å²) in [5.74, 6) is 1.72. The van der Waals surface area contributed by atoms with Gasteiger partial charge in [-0.25, -0.2) is 4.68 Å². The average molecular weight is 329 g/mol. The zero-order valence-electron chi connectivity index (χ0n) is 11.0. The van der Waals surface area contributed by atoms with Crippen LogP contribution in [0, 0.1) is 0 Å². The number of tetrazole rings is 1. The van der Waals surface area contributed by atoms with Gasteiger partial charge in [-0.15, -0.1) is 16.9 Å². The van der Waals surface area contributed by atoms with E-state index in [0.717, 1.165) is 17.1 Å². The van der Waals surface area contributed by atoms with Crippen molar-refractivity contribution in [2.75, 3.05) is 0 Å². The van der Waals surface area contributed by atoms with Crippen molar-refractivity contribution in [1.29, 1.82) is 0 Å². The molecule has 1 unspecified atom stereocenters. The molecule has 2 aromatic rings. The summed E-state index contributed by atoms with van der Waals surface area (Å²) < 4.78 is 1.95. The van der Waals surface area contributed by atoms with Crippen LogP contribution >= 0.6 is 35.0 Å². The second kappa shape index (κ2) is 5.92. The van der Waals surface area contributed by atoms with Crippen LogP contribution in [0.5, 0.6) is 0 Å². The Morgan fingerprint density at radius 1 is 1.40 bits per heavy atom. The van der Waals surface area contributed by atoms with Crippen LogP contribution < -0.4 is 0 Å². The predicted molar refractivity (Wildman–Crippen MR) is 82.3 cm³/mol. The van der Waals surface area contributed by atoms with Gasteiger partial charge in [0.15, 0.2) is 5.82 Å². The van der Waals surface area contributed by atoms with Gasteiger partial charge in [0.25, 0.3) is 0 Å². The normalized spacial score (nSPS) is 16.4. The van der Waals surface area contributed by atoms with Gasteiger partial charge < -0.3 is 0 Å². The molecule has 4 nitrogen and oxygen atoms in total. The highest BCUT2D eigenvalue weighted by atomic mass is 35.5. The number of benzene rings is 1. The number of nitrogens with zero attached hydrogens (tertiary/aromatic N) is 4. The van der Waals surface area contributed by atoms with Crippen molar-refractivity contribution in [3.8, 4) is 0 Å². The molecule has 1 aromatic heterocycles. The minimum Gasteiger partial charge on any atom is -0.226 e. The zero-order valence-corrected chi connectivity index (χ0v) is 13.3. The molecule has 0 spiro atoms. The molecule has 0 radical (unpaired) electrons. The standard InChI is InChI=1S/C13H14Cl2N4S/c1-8(11-5-2-9(14)6-12(11)15)20-7-13-16-17-18-19(13)10-3-4-10/h2,5-6,8,10H,3-4,7H2,1H3. The first-order valence-electron chi connectivity index (χ1n) is 6.48. The van der Waals surface area contributed by atoms with Crippen LogP contribution in [0.1, 0.15) is 42.4 Å². The van der Waals surface area contributed by atoms with E-state index in [1.54, 1.807) is 17.8 Å². The van der Waals surface area contributed by atoms with Gasteiger partial charge in [0.1, 0.15) is 0 Å². The van der Waals surface area contributed by atoms with Crippen molar-refractivity contribution in [3.05, 3.63) is 39.6 Å². The molecule has 1 saturated carbocycles. The Morgan fingerprint density at radius 2 is 2.20 bits per heavy atom. The van der Waals surface area contributed by atoms with Crippen molar-refractivity contribution in [1.82, 2.24) is 20.2 Å². The molecule has 1 aromatic carbocycles. The van der Waals surface area contributed by atoms with Gasteiger partial charge >= 0.3 is 0 Å². The molecule has 0 amide bonds. The molecule has 0 saturated heterocycles. The van der Waals surface area contributed by atoms with Crippen LogP contribution in [0.4, 0.5) is 0 Å². The Morgan fingerprint density at radius 3 is 2.90 bits per heavy atom. The number of aromatic nitrogens is 4. The van der Waals surface area contributed by atoms with Crippen molar-refractivity contribution in [3.63, 3.8) is 0 Å². The Balaban J connectivity index is 1.66. The second-order valence-corrected chi connectivity index (χ2v) is 7.06. The summed E-state index contributed by atoms with van der Waals surface area (Å²) in [6.07, 6.45) is 2.36. The lowest BCUT2D eigenvalue weighted by molar-refractivity contribution is 0.593. The lowest BCUT2D eigenvalue weighted by atomic mass is 10.2. The average Bonchev–Trinajstić information content (AvgIpc) is 3.15. The quantitative estimate of drug-likeness (QED) is 0.820. The molecule has 0 N–H and O–H groups in total. The van der Waals surface area contributed by atoms with Gasteiger partial charge in [-0.2, -0.15) is 0 Å². The highest BCUT2D eigenvalue weighted by Gasteiger charge is 2.27. The fraction of sp³-hybridized carbons (Fsp3) is 0.462. The van der Waals surface area contributed by atoms with Crippen LogP contribution in [-0.2, 0) is 5.75 Å². The minimum absolute atomic E-state index is 0.268. The van der Waals surface area contributed by atoms with Gasteiger partial charge in [-0.05, 0) is 47.9 Å². The Kier molecular flexibility index (Phi) is 4.19. The van der Waals surface area contributed by atoms with E-state index in [4.69, 9.17) is 23.2 Å². The lowest BCUT2D eigenvalue weighted by Gasteiger charge is -2.13. The van der Waals surface area contributed by atoms with Gasteiger partial charge in [0.2, 0.25) is 0 Å².